The van der Waals surface area contributed by atoms with Gasteiger partial charge in [0, 0.05) is 0 Å². The van der Waals surface area contributed by atoms with Gasteiger partial charge in [0.05, 0.1) is 0 Å². The monoisotopic (exact) mass is 172 g/mol. The highest BCUT2D eigenvalue weighted by atomic mass is 14.5. The second-order valence-corrected chi connectivity index (χ2v) is 4.85. The van der Waals surface area contributed by atoms with Crippen LogP contribution in [-0.4, -0.2) is 0 Å². The van der Waals surface area contributed by atoms with E-state index in [0.29, 0.717) is 0 Å². The molecule has 2 aliphatic rings. The van der Waals surface area contributed by atoms with Crippen LogP contribution < -0.4 is 0 Å². The Morgan fingerprint density at radius 2 is 1.77 bits per heavy atom. The Morgan fingerprint density at radius 1 is 1.00 bits per heavy atom. The van der Waals surface area contributed by atoms with Gasteiger partial charge >= 0.3 is 0 Å². The molecule has 68 valence electrons. The molecule has 0 radical (unpaired) electrons. The Labute approximate surface area is 80.0 Å². The molecule has 1 aromatic rings. The van der Waals surface area contributed by atoms with Crippen molar-refractivity contribution in [3.63, 3.8) is 0 Å². The number of hydrogen-bond donors (Lipinski definition) is 0. The summed E-state index contributed by atoms with van der Waals surface area (Å²) in [5.41, 5.74) is 2.40. The number of benzene rings is 1. The van der Waals surface area contributed by atoms with E-state index in [1.54, 1.807) is 5.56 Å². The maximum atomic E-state index is 2.30. The Bertz CT molecular complexity index is 295. The molecular formula is C13H16. The first-order valence-electron chi connectivity index (χ1n) is 5.43. The minimum atomic E-state index is 0.820. The molecule has 0 bridgehead atoms. The predicted molar refractivity (Wildman–Crippen MR) is 54.7 cm³/mol. The third-order valence-corrected chi connectivity index (χ3v) is 3.93. The first-order chi connectivity index (χ1) is 6.38. The van der Waals surface area contributed by atoms with Crippen molar-refractivity contribution in [3.8, 4) is 0 Å². The fraction of sp³-hybridized carbons (Fsp3) is 0.538. The SMILES string of the molecule is c1ccc(C2CCC3(CC3)C2)cc1. The highest BCUT2D eigenvalue weighted by molar-refractivity contribution is 5.22. The van der Waals surface area contributed by atoms with Gasteiger partial charge in [-0.15, -0.1) is 0 Å². The Balaban J connectivity index is 1.80. The summed E-state index contributed by atoms with van der Waals surface area (Å²) in [6.07, 6.45) is 7.42. The maximum absolute atomic E-state index is 2.30. The van der Waals surface area contributed by atoms with Crippen LogP contribution in [0.25, 0.3) is 0 Å². The molecule has 0 nitrogen and oxygen atoms in total. The quantitative estimate of drug-likeness (QED) is 0.605. The molecule has 2 fully saturated rings. The van der Waals surface area contributed by atoms with Gasteiger partial charge in [-0.3, -0.25) is 0 Å². The summed E-state index contributed by atoms with van der Waals surface area (Å²) in [5.74, 6) is 0.878. The fourth-order valence-corrected chi connectivity index (χ4v) is 2.85. The lowest BCUT2D eigenvalue weighted by atomic mass is 9.96. The van der Waals surface area contributed by atoms with E-state index in [0.717, 1.165) is 11.3 Å². The van der Waals surface area contributed by atoms with Crippen molar-refractivity contribution in [1.82, 2.24) is 0 Å². The van der Waals surface area contributed by atoms with Crippen LogP contribution in [0.2, 0.25) is 0 Å². The lowest BCUT2D eigenvalue weighted by Crippen LogP contribution is -1.94. The van der Waals surface area contributed by atoms with E-state index in [9.17, 15) is 0 Å². The molecular weight excluding hydrogens is 156 g/mol. The molecule has 2 saturated carbocycles. The van der Waals surface area contributed by atoms with E-state index in [-0.39, 0.29) is 0 Å². The molecule has 3 rings (SSSR count). The van der Waals surface area contributed by atoms with Crippen LogP contribution in [0.5, 0.6) is 0 Å². The second-order valence-electron chi connectivity index (χ2n) is 4.85. The highest BCUT2D eigenvalue weighted by Crippen LogP contribution is 2.61. The highest BCUT2D eigenvalue weighted by Gasteiger charge is 2.48. The minimum absolute atomic E-state index is 0.820. The van der Waals surface area contributed by atoms with Crippen LogP contribution in [0, 0.1) is 5.41 Å². The molecule has 0 heterocycles. The summed E-state index contributed by atoms with van der Waals surface area (Å²) in [4.78, 5) is 0. The molecule has 0 heteroatoms. The van der Waals surface area contributed by atoms with Crippen molar-refractivity contribution < 1.29 is 0 Å². The van der Waals surface area contributed by atoms with Crippen LogP contribution in [0.15, 0.2) is 30.3 Å². The zero-order valence-electron chi connectivity index (χ0n) is 8.00. The fourth-order valence-electron chi connectivity index (χ4n) is 2.85. The van der Waals surface area contributed by atoms with Crippen molar-refractivity contribution in [3.05, 3.63) is 35.9 Å². The van der Waals surface area contributed by atoms with Crippen LogP contribution in [0.4, 0.5) is 0 Å². The van der Waals surface area contributed by atoms with E-state index in [1.165, 1.54) is 32.1 Å². The van der Waals surface area contributed by atoms with Crippen molar-refractivity contribution >= 4 is 0 Å². The van der Waals surface area contributed by atoms with E-state index in [2.05, 4.69) is 30.3 Å². The summed E-state index contributed by atoms with van der Waals surface area (Å²) in [6, 6.07) is 11.1. The molecule has 13 heavy (non-hydrogen) atoms. The second kappa shape index (κ2) is 2.60. The van der Waals surface area contributed by atoms with Gasteiger partial charge in [-0.2, -0.15) is 0 Å². The van der Waals surface area contributed by atoms with Gasteiger partial charge in [-0.05, 0) is 49.0 Å². The summed E-state index contributed by atoms with van der Waals surface area (Å²) in [7, 11) is 0. The number of hydrogen-bond acceptors (Lipinski definition) is 0. The molecule has 0 N–H and O–H groups in total. The van der Waals surface area contributed by atoms with Crippen molar-refractivity contribution in [2.75, 3.05) is 0 Å². The first-order valence-corrected chi connectivity index (χ1v) is 5.43. The Morgan fingerprint density at radius 3 is 2.38 bits per heavy atom. The summed E-state index contributed by atoms with van der Waals surface area (Å²) in [5, 5.41) is 0. The standard InChI is InChI=1S/C13H16/c1-2-4-11(5-3-1)12-6-7-13(10-12)8-9-13/h1-5,12H,6-10H2. The minimum Gasteiger partial charge on any atom is -0.0622 e. The van der Waals surface area contributed by atoms with Crippen molar-refractivity contribution in [2.45, 2.75) is 38.0 Å². The van der Waals surface area contributed by atoms with Gasteiger partial charge in [-0.1, -0.05) is 30.3 Å². The average molecular weight is 172 g/mol. The topological polar surface area (TPSA) is 0 Å². The average Bonchev–Trinajstić information content (AvgIpc) is 2.78. The molecule has 2 aliphatic carbocycles. The van der Waals surface area contributed by atoms with E-state index in [1.807, 2.05) is 0 Å². The van der Waals surface area contributed by atoms with Gasteiger partial charge in [0.2, 0.25) is 0 Å². The maximum Gasteiger partial charge on any atom is -0.0156 e. The van der Waals surface area contributed by atoms with E-state index in [4.69, 9.17) is 0 Å². The lowest BCUT2D eigenvalue weighted by Gasteiger charge is -2.09. The van der Waals surface area contributed by atoms with Gasteiger partial charge in [0.1, 0.15) is 0 Å². The summed E-state index contributed by atoms with van der Waals surface area (Å²) < 4.78 is 0. The van der Waals surface area contributed by atoms with E-state index >= 15 is 0 Å². The smallest absolute Gasteiger partial charge is 0.0156 e. The normalized spacial score (nSPS) is 29.4. The third kappa shape index (κ3) is 1.29. The van der Waals surface area contributed by atoms with Crippen LogP contribution in [0.3, 0.4) is 0 Å². The van der Waals surface area contributed by atoms with Gasteiger partial charge in [0.15, 0.2) is 0 Å². The molecule has 1 spiro atoms. The van der Waals surface area contributed by atoms with Crippen LogP contribution in [0.1, 0.15) is 43.6 Å². The van der Waals surface area contributed by atoms with Crippen molar-refractivity contribution in [2.24, 2.45) is 5.41 Å². The Kier molecular flexibility index (Phi) is 1.52. The van der Waals surface area contributed by atoms with Gasteiger partial charge in [0.25, 0.3) is 0 Å². The Hall–Kier alpha value is -0.780. The summed E-state index contributed by atoms with van der Waals surface area (Å²) in [6.45, 7) is 0. The number of rotatable bonds is 1. The summed E-state index contributed by atoms with van der Waals surface area (Å²) >= 11 is 0. The predicted octanol–water partition coefficient (Wildman–Crippen LogP) is 3.73. The lowest BCUT2D eigenvalue weighted by molar-refractivity contribution is 0.524. The zero-order chi connectivity index (χ0) is 8.73. The zero-order valence-corrected chi connectivity index (χ0v) is 8.00. The third-order valence-electron chi connectivity index (χ3n) is 3.93. The molecule has 1 atom stereocenters. The molecule has 0 aromatic heterocycles. The molecule has 1 unspecified atom stereocenters. The van der Waals surface area contributed by atoms with Crippen LogP contribution >= 0.6 is 0 Å². The van der Waals surface area contributed by atoms with Crippen molar-refractivity contribution in [1.29, 1.82) is 0 Å². The molecule has 0 aliphatic heterocycles. The largest absolute Gasteiger partial charge is 0.0622 e. The molecule has 0 saturated heterocycles. The van der Waals surface area contributed by atoms with Crippen LogP contribution in [-0.2, 0) is 0 Å². The van der Waals surface area contributed by atoms with Gasteiger partial charge in [-0.25, -0.2) is 0 Å². The first kappa shape index (κ1) is 7.61. The van der Waals surface area contributed by atoms with E-state index < -0.39 is 0 Å². The van der Waals surface area contributed by atoms with Gasteiger partial charge < -0.3 is 0 Å². The molecule has 0 amide bonds. The molecule has 1 aromatic carbocycles.